The van der Waals surface area contributed by atoms with Crippen molar-refractivity contribution in [3.05, 3.63) is 18.2 Å². The van der Waals surface area contributed by atoms with Crippen LogP contribution < -0.4 is 16.4 Å². The molecule has 104 valence electrons. The molecule has 9 heteroatoms. The minimum absolute atomic E-state index is 0.280. The number of hydrogen-bond donors (Lipinski definition) is 5. The molecule has 0 fully saturated rings. The molecular weight excluding hydrogens is 254 g/mol. The number of carboxylic acid groups (broad SMARTS) is 1. The Bertz CT molecular complexity index is 445. The van der Waals surface area contributed by atoms with Crippen LogP contribution in [-0.2, 0) is 16.0 Å². The van der Waals surface area contributed by atoms with E-state index in [1.54, 1.807) is 12.4 Å². The van der Waals surface area contributed by atoms with Gasteiger partial charge in [-0.3, -0.25) is 4.79 Å². The quantitative estimate of drug-likeness (QED) is 0.411. The molecule has 0 aliphatic carbocycles. The number of carbonyl (C=O) groups is 3. The van der Waals surface area contributed by atoms with Crippen LogP contribution in [0.25, 0.3) is 0 Å². The van der Waals surface area contributed by atoms with E-state index >= 15 is 0 Å². The van der Waals surface area contributed by atoms with Crippen molar-refractivity contribution in [1.82, 2.24) is 20.6 Å². The molecule has 1 aromatic rings. The summed E-state index contributed by atoms with van der Waals surface area (Å²) >= 11 is 0. The van der Waals surface area contributed by atoms with E-state index in [1.165, 1.54) is 0 Å². The predicted molar refractivity (Wildman–Crippen MR) is 64.1 cm³/mol. The first-order valence-corrected chi connectivity index (χ1v) is 5.52. The van der Waals surface area contributed by atoms with Crippen molar-refractivity contribution in [3.63, 3.8) is 0 Å². The zero-order valence-corrected chi connectivity index (χ0v) is 10.0. The van der Waals surface area contributed by atoms with Gasteiger partial charge in [-0.25, -0.2) is 14.6 Å². The van der Waals surface area contributed by atoms with E-state index in [2.05, 4.69) is 20.6 Å². The largest absolute Gasteiger partial charge is 0.480 e. The highest BCUT2D eigenvalue weighted by Gasteiger charge is 2.21. The number of primary amides is 1. The van der Waals surface area contributed by atoms with E-state index in [4.69, 9.17) is 10.8 Å². The number of H-pyrrole nitrogens is 1. The van der Waals surface area contributed by atoms with Gasteiger partial charge in [-0.05, 0) is 0 Å². The van der Waals surface area contributed by atoms with Crippen molar-refractivity contribution < 1.29 is 19.5 Å². The predicted octanol–water partition coefficient (Wildman–Crippen LogP) is -1.42. The summed E-state index contributed by atoms with van der Waals surface area (Å²) in [6.07, 6.45) is 3.26. The Morgan fingerprint density at radius 1 is 1.47 bits per heavy atom. The van der Waals surface area contributed by atoms with Crippen molar-refractivity contribution in [2.75, 3.05) is 6.54 Å². The molecule has 1 rings (SSSR count). The van der Waals surface area contributed by atoms with Gasteiger partial charge in [-0.2, -0.15) is 0 Å². The summed E-state index contributed by atoms with van der Waals surface area (Å²) in [5.74, 6) is -1.42. The average Bonchev–Trinajstić information content (AvgIpc) is 2.80. The Balaban J connectivity index is 2.32. The lowest BCUT2D eigenvalue weighted by Gasteiger charge is -2.13. The van der Waals surface area contributed by atoms with Gasteiger partial charge in [0.1, 0.15) is 11.9 Å². The normalized spacial score (nSPS) is 11.6. The number of urea groups is 1. The van der Waals surface area contributed by atoms with Crippen LogP contribution in [0.5, 0.6) is 0 Å². The van der Waals surface area contributed by atoms with Crippen LogP contribution >= 0.6 is 0 Å². The highest BCUT2D eigenvalue weighted by molar-refractivity contribution is 5.87. The van der Waals surface area contributed by atoms with Crippen molar-refractivity contribution in [1.29, 1.82) is 0 Å². The van der Waals surface area contributed by atoms with E-state index in [9.17, 15) is 14.4 Å². The first kappa shape index (κ1) is 14.5. The summed E-state index contributed by atoms with van der Waals surface area (Å²) in [6.45, 7) is 0.280. The Labute approximate surface area is 108 Å². The Morgan fingerprint density at radius 2 is 2.21 bits per heavy atom. The van der Waals surface area contributed by atoms with Crippen LogP contribution in [0.4, 0.5) is 4.79 Å². The third-order valence-corrected chi connectivity index (χ3v) is 2.21. The second kappa shape index (κ2) is 6.99. The van der Waals surface area contributed by atoms with Crippen LogP contribution in [0.15, 0.2) is 12.4 Å². The lowest BCUT2D eigenvalue weighted by molar-refractivity contribution is -0.140. The first-order chi connectivity index (χ1) is 8.99. The van der Waals surface area contributed by atoms with Gasteiger partial charge in [0.25, 0.3) is 0 Å². The van der Waals surface area contributed by atoms with Crippen molar-refractivity contribution >= 4 is 17.9 Å². The van der Waals surface area contributed by atoms with Crippen LogP contribution in [0.3, 0.4) is 0 Å². The van der Waals surface area contributed by atoms with Crippen molar-refractivity contribution in [3.8, 4) is 0 Å². The number of aliphatic carboxylic acids is 1. The minimum Gasteiger partial charge on any atom is -0.480 e. The van der Waals surface area contributed by atoms with Crippen LogP contribution in [0, 0.1) is 0 Å². The van der Waals surface area contributed by atoms with Gasteiger partial charge in [0.05, 0.1) is 6.42 Å². The fourth-order valence-corrected chi connectivity index (χ4v) is 1.34. The molecule has 1 atom stereocenters. The average molecular weight is 269 g/mol. The Morgan fingerprint density at radius 3 is 2.74 bits per heavy atom. The molecule has 0 aromatic carbocycles. The lowest BCUT2D eigenvalue weighted by Crippen LogP contribution is -2.48. The molecule has 0 aliphatic rings. The van der Waals surface area contributed by atoms with E-state index in [0.29, 0.717) is 12.2 Å². The zero-order chi connectivity index (χ0) is 14.3. The summed E-state index contributed by atoms with van der Waals surface area (Å²) in [4.78, 5) is 39.6. The monoisotopic (exact) mass is 269 g/mol. The fraction of sp³-hybridized carbons (Fsp3) is 0.400. The maximum absolute atomic E-state index is 11.4. The smallest absolute Gasteiger partial charge is 0.326 e. The Kier molecular flexibility index (Phi) is 5.33. The maximum atomic E-state index is 11.4. The molecule has 9 nitrogen and oxygen atoms in total. The number of rotatable bonds is 7. The van der Waals surface area contributed by atoms with Gasteiger partial charge in [0, 0.05) is 25.4 Å². The summed E-state index contributed by atoms with van der Waals surface area (Å²) in [5.41, 5.74) is 4.88. The molecule has 0 saturated heterocycles. The van der Waals surface area contributed by atoms with Crippen LogP contribution in [0.1, 0.15) is 12.2 Å². The van der Waals surface area contributed by atoms with Gasteiger partial charge in [0.15, 0.2) is 0 Å². The molecular formula is C10H15N5O4. The summed E-state index contributed by atoms with van der Waals surface area (Å²) in [6, 6.07) is -2.01. The number of carbonyl (C=O) groups excluding carboxylic acids is 2. The molecule has 3 amide bonds. The number of nitrogens with two attached hydrogens (primary N) is 1. The standard InChI is InChI=1S/C10H15N5O4/c11-7(16)5-6(9(17)18)15-10(19)14-2-1-8-12-3-4-13-8/h3-4,6H,1-2,5H2,(H2,11,16)(H,12,13)(H,17,18)(H2,14,15,19)/t6-/m0/s1. The minimum atomic E-state index is -1.33. The molecule has 0 aliphatic heterocycles. The fourth-order valence-electron chi connectivity index (χ4n) is 1.34. The molecule has 6 N–H and O–H groups in total. The van der Waals surface area contributed by atoms with E-state index in [-0.39, 0.29) is 6.54 Å². The molecule has 19 heavy (non-hydrogen) atoms. The Hall–Kier alpha value is -2.58. The number of aromatic amines is 1. The summed E-state index contributed by atoms with van der Waals surface area (Å²) < 4.78 is 0. The number of hydrogen-bond acceptors (Lipinski definition) is 4. The second-order valence-electron chi connectivity index (χ2n) is 3.75. The highest BCUT2D eigenvalue weighted by atomic mass is 16.4. The lowest BCUT2D eigenvalue weighted by atomic mass is 10.2. The molecule has 0 saturated carbocycles. The molecule has 0 spiro atoms. The van der Waals surface area contributed by atoms with Gasteiger partial charge < -0.3 is 26.5 Å². The van der Waals surface area contributed by atoms with Gasteiger partial charge in [-0.15, -0.1) is 0 Å². The third kappa shape index (κ3) is 5.52. The SMILES string of the molecule is NC(=O)C[C@H](NC(=O)NCCc1ncc[nH]1)C(=O)O. The van der Waals surface area contributed by atoms with E-state index in [1.807, 2.05) is 0 Å². The molecule has 0 bridgehead atoms. The topological polar surface area (TPSA) is 150 Å². The number of nitrogens with one attached hydrogen (secondary N) is 3. The molecule has 1 heterocycles. The number of imidazole rings is 1. The number of amides is 3. The number of carboxylic acids is 1. The highest BCUT2D eigenvalue weighted by Crippen LogP contribution is 1.92. The van der Waals surface area contributed by atoms with Crippen LogP contribution in [-0.4, -0.2) is 45.6 Å². The van der Waals surface area contributed by atoms with Gasteiger partial charge in [-0.1, -0.05) is 0 Å². The first-order valence-electron chi connectivity index (χ1n) is 5.52. The number of aromatic nitrogens is 2. The summed E-state index contributed by atoms with van der Waals surface area (Å²) in [5, 5.41) is 13.4. The van der Waals surface area contributed by atoms with E-state index in [0.717, 1.165) is 0 Å². The second-order valence-corrected chi connectivity index (χ2v) is 3.75. The summed E-state index contributed by atoms with van der Waals surface area (Å²) in [7, 11) is 0. The zero-order valence-electron chi connectivity index (χ0n) is 10.0. The number of nitrogens with zero attached hydrogens (tertiary/aromatic N) is 1. The van der Waals surface area contributed by atoms with Gasteiger partial charge in [0.2, 0.25) is 5.91 Å². The van der Waals surface area contributed by atoms with Gasteiger partial charge >= 0.3 is 12.0 Å². The maximum Gasteiger partial charge on any atom is 0.326 e. The van der Waals surface area contributed by atoms with E-state index < -0.39 is 30.4 Å². The van der Waals surface area contributed by atoms with Crippen molar-refractivity contribution in [2.45, 2.75) is 18.9 Å². The van der Waals surface area contributed by atoms with Crippen LogP contribution in [0.2, 0.25) is 0 Å². The molecule has 1 aromatic heterocycles. The van der Waals surface area contributed by atoms with Crippen molar-refractivity contribution in [2.24, 2.45) is 5.73 Å². The molecule has 0 radical (unpaired) electrons. The molecule has 0 unspecified atom stereocenters. The third-order valence-electron chi connectivity index (χ3n) is 2.21.